The molecule has 1 N–H and O–H groups in total. The van der Waals surface area contributed by atoms with Crippen molar-refractivity contribution in [2.24, 2.45) is 0 Å². The largest absolute Gasteiger partial charge is 0.406 e. The summed E-state index contributed by atoms with van der Waals surface area (Å²) in [6.07, 6.45) is -1.62. The first-order chi connectivity index (χ1) is 16.2. The summed E-state index contributed by atoms with van der Waals surface area (Å²) in [5.74, 6) is 1.20. The summed E-state index contributed by atoms with van der Waals surface area (Å²) >= 11 is 0. The van der Waals surface area contributed by atoms with Gasteiger partial charge >= 0.3 is 6.18 Å². The van der Waals surface area contributed by atoms with Gasteiger partial charge in [-0.25, -0.2) is 24.9 Å². The monoisotopic (exact) mass is 492 g/mol. The Morgan fingerprint density at radius 3 is 2.26 bits per heavy atom. The van der Waals surface area contributed by atoms with Gasteiger partial charge in [-0.15, -0.1) is 0 Å². The number of rotatable bonds is 4. The fourth-order valence-electron chi connectivity index (χ4n) is 3.87. The second kappa shape index (κ2) is 8.89. The first kappa shape index (κ1) is 25.1. The van der Waals surface area contributed by atoms with E-state index in [-0.39, 0.29) is 17.0 Å². The summed E-state index contributed by atoms with van der Waals surface area (Å²) in [6.45, 7) is 12.9. The molecule has 0 atom stereocenters. The molecule has 9 nitrogen and oxygen atoms in total. The highest BCUT2D eigenvalue weighted by Gasteiger charge is 2.31. The van der Waals surface area contributed by atoms with E-state index in [9.17, 15) is 13.2 Å². The molecule has 1 saturated heterocycles. The highest BCUT2D eigenvalue weighted by atomic mass is 19.4. The normalized spacial score (nSPS) is 15.6. The molecular weight excluding hydrogens is 461 g/mol. The van der Waals surface area contributed by atoms with Gasteiger partial charge in [-0.1, -0.05) is 20.8 Å². The molecule has 3 aromatic heterocycles. The van der Waals surface area contributed by atoms with Crippen LogP contribution in [0, 0.1) is 0 Å². The Morgan fingerprint density at radius 1 is 0.971 bits per heavy atom. The number of morpholine rings is 1. The molecule has 190 valence electrons. The van der Waals surface area contributed by atoms with E-state index in [1.54, 1.807) is 6.20 Å². The van der Waals surface area contributed by atoms with Crippen LogP contribution in [0.4, 0.5) is 24.9 Å². The minimum Gasteiger partial charge on any atom is -0.378 e. The lowest BCUT2D eigenvalue weighted by atomic mass is 9.88. The molecule has 0 saturated carbocycles. The number of anilines is 2. The summed E-state index contributed by atoms with van der Waals surface area (Å²) in [7, 11) is 0. The Labute approximate surface area is 202 Å². The third-order valence-corrected chi connectivity index (χ3v) is 5.33. The van der Waals surface area contributed by atoms with Gasteiger partial charge in [0.2, 0.25) is 5.95 Å². The predicted molar refractivity (Wildman–Crippen MR) is 128 cm³/mol. The van der Waals surface area contributed by atoms with Crippen molar-refractivity contribution >= 4 is 22.9 Å². The third kappa shape index (κ3) is 5.80. The predicted octanol–water partition coefficient (Wildman–Crippen LogP) is 4.19. The Morgan fingerprint density at radius 2 is 1.66 bits per heavy atom. The van der Waals surface area contributed by atoms with Gasteiger partial charge in [0.15, 0.2) is 22.8 Å². The smallest absolute Gasteiger partial charge is 0.378 e. The first-order valence-electron chi connectivity index (χ1n) is 11.5. The molecule has 0 bridgehead atoms. The van der Waals surface area contributed by atoms with E-state index in [2.05, 4.69) is 20.3 Å². The minimum atomic E-state index is -4.42. The van der Waals surface area contributed by atoms with Crippen molar-refractivity contribution in [3.05, 3.63) is 18.2 Å². The number of ether oxygens (including phenoxy) is 1. The Bertz CT molecular complexity index is 1200. The maximum atomic E-state index is 13.3. The lowest BCUT2D eigenvalue weighted by molar-refractivity contribution is -0.140. The van der Waals surface area contributed by atoms with E-state index in [0.29, 0.717) is 54.8 Å². The Hall–Kier alpha value is -3.02. The SMILES string of the molecule is CC(C)(C)Nc1ncc(-c2nc(N3CCOCC3)c3ncn(CC(F)(F)F)c3n2)c(C(C)(C)C)n1. The molecule has 1 fully saturated rings. The molecule has 1 aliphatic heterocycles. The second-order valence-electron chi connectivity index (χ2n) is 10.7. The number of nitrogens with zero attached hydrogens (tertiary/aromatic N) is 7. The summed E-state index contributed by atoms with van der Waals surface area (Å²) < 4.78 is 46.3. The number of halogens is 3. The minimum absolute atomic E-state index is 0.116. The van der Waals surface area contributed by atoms with E-state index >= 15 is 0 Å². The quantitative estimate of drug-likeness (QED) is 0.580. The number of fused-ring (bicyclic) bond motifs is 1. The molecule has 35 heavy (non-hydrogen) atoms. The van der Waals surface area contributed by atoms with Gasteiger partial charge in [-0.05, 0) is 20.8 Å². The van der Waals surface area contributed by atoms with Gasteiger partial charge in [-0.3, -0.25) is 0 Å². The van der Waals surface area contributed by atoms with Crippen LogP contribution >= 0.6 is 0 Å². The van der Waals surface area contributed by atoms with Crippen LogP contribution in [0.25, 0.3) is 22.6 Å². The summed E-state index contributed by atoms with van der Waals surface area (Å²) in [4.78, 5) is 24.8. The van der Waals surface area contributed by atoms with Crippen molar-refractivity contribution in [3.8, 4) is 11.4 Å². The number of imidazole rings is 1. The number of nitrogens with one attached hydrogen (secondary N) is 1. The highest BCUT2D eigenvalue weighted by molar-refractivity contribution is 5.86. The standard InChI is InChI=1S/C23H31F3N8O/c1-21(2,3)16-14(11-27-20(29-16)32-22(4,5)6)17-30-18(33-7-9-35-10-8-33)15-19(31-17)34(13-28-15)12-23(24,25)26/h11,13H,7-10,12H2,1-6H3,(H,27,29,32). The zero-order valence-corrected chi connectivity index (χ0v) is 20.9. The average molecular weight is 493 g/mol. The molecule has 1 aliphatic rings. The molecular formula is C23H31F3N8O. The van der Waals surface area contributed by atoms with Crippen LogP contribution in [0.1, 0.15) is 47.2 Å². The van der Waals surface area contributed by atoms with Crippen molar-refractivity contribution in [3.63, 3.8) is 0 Å². The molecule has 0 spiro atoms. The number of hydrogen-bond donors (Lipinski definition) is 1. The van der Waals surface area contributed by atoms with Crippen LogP contribution < -0.4 is 10.2 Å². The molecule has 4 rings (SSSR count). The van der Waals surface area contributed by atoms with Crippen molar-refractivity contribution in [1.29, 1.82) is 0 Å². The van der Waals surface area contributed by atoms with Crippen LogP contribution in [0.3, 0.4) is 0 Å². The van der Waals surface area contributed by atoms with Crippen LogP contribution in [-0.2, 0) is 16.7 Å². The highest BCUT2D eigenvalue weighted by Crippen LogP contribution is 2.34. The average Bonchev–Trinajstić information content (AvgIpc) is 3.13. The lowest BCUT2D eigenvalue weighted by Crippen LogP contribution is -2.37. The zero-order chi connectivity index (χ0) is 25.6. The molecule has 0 aliphatic carbocycles. The molecule has 3 aromatic rings. The fourth-order valence-corrected chi connectivity index (χ4v) is 3.87. The molecule has 4 heterocycles. The molecule has 12 heteroatoms. The molecule has 0 unspecified atom stereocenters. The number of hydrogen-bond acceptors (Lipinski definition) is 8. The fraction of sp³-hybridized carbons (Fsp3) is 0.609. The van der Waals surface area contributed by atoms with E-state index in [1.165, 1.54) is 0 Å². The van der Waals surface area contributed by atoms with Crippen LogP contribution in [-0.4, -0.2) is 67.5 Å². The van der Waals surface area contributed by atoms with Crippen molar-refractivity contribution < 1.29 is 17.9 Å². The van der Waals surface area contributed by atoms with E-state index in [4.69, 9.17) is 14.7 Å². The van der Waals surface area contributed by atoms with Crippen molar-refractivity contribution in [1.82, 2.24) is 29.5 Å². The van der Waals surface area contributed by atoms with E-state index < -0.39 is 18.1 Å². The summed E-state index contributed by atoms with van der Waals surface area (Å²) in [6, 6.07) is 0. The van der Waals surface area contributed by atoms with Gasteiger partial charge in [0.25, 0.3) is 0 Å². The van der Waals surface area contributed by atoms with Crippen molar-refractivity contribution in [2.75, 3.05) is 36.5 Å². The van der Waals surface area contributed by atoms with Gasteiger partial charge in [-0.2, -0.15) is 13.2 Å². The third-order valence-electron chi connectivity index (χ3n) is 5.33. The number of alkyl halides is 3. The zero-order valence-electron chi connectivity index (χ0n) is 20.9. The van der Waals surface area contributed by atoms with Gasteiger partial charge < -0.3 is 19.5 Å². The number of aromatic nitrogens is 6. The van der Waals surface area contributed by atoms with Crippen LogP contribution in [0.2, 0.25) is 0 Å². The maximum absolute atomic E-state index is 13.3. The maximum Gasteiger partial charge on any atom is 0.406 e. The second-order valence-corrected chi connectivity index (χ2v) is 10.7. The van der Waals surface area contributed by atoms with Crippen LogP contribution in [0.15, 0.2) is 12.5 Å². The van der Waals surface area contributed by atoms with E-state index in [0.717, 1.165) is 10.9 Å². The van der Waals surface area contributed by atoms with Crippen molar-refractivity contribution in [2.45, 2.75) is 65.2 Å². The first-order valence-corrected chi connectivity index (χ1v) is 11.5. The molecule has 0 amide bonds. The summed E-state index contributed by atoms with van der Waals surface area (Å²) in [5.41, 5.74) is 1.03. The summed E-state index contributed by atoms with van der Waals surface area (Å²) in [5, 5.41) is 3.27. The Balaban J connectivity index is 1.92. The van der Waals surface area contributed by atoms with Gasteiger partial charge in [0, 0.05) is 30.2 Å². The lowest BCUT2D eigenvalue weighted by Gasteiger charge is -2.28. The molecule has 0 aromatic carbocycles. The molecule has 0 radical (unpaired) electrons. The Kier molecular flexibility index (Phi) is 6.37. The topological polar surface area (TPSA) is 93.9 Å². The van der Waals surface area contributed by atoms with Crippen LogP contribution in [0.5, 0.6) is 0 Å². The van der Waals surface area contributed by atoms with E-state index in [1.807, 2.05) is 46.4 Å². The van der Waals surface area contributed by atoms with Gasteiger partial charge in [0.1, 0.15) is 6.54 Å². The van der Waals surface area contributed by atoms with Gasteiger partial charge in [0.05, 0.1) is 30.8 Å².